The van der Waals surface area contributed by atoms with Crippen LogP contribution in [-0.4, -0.2) is 5.11 Å². The monoisotopic (exact) mass is 284 g/mol. The number of phenols is 1. The normalized spacial score (nSPS) is 13.8. The molecule has 0 aromatic heterocycles. The Bertz CT molecular complexity index is 352. The quantitative estimate of drug-likeness (QED) is 0.820. The van der Waals surface area contributed by atoms with E-state index < -0.39 is 0 Å². The van der Waals surface area contributed by atoms with Crippen molar-refractivity contribution >= 4 is 15.9 Å². The Morgan fingerprint density at radius 2 is 1.94 bits per heavy atom. The Labute approximate surface area is 107 Å². The van der Waals surface area contributed by atoms with E-state index in [1.807, 2.05) is 12.1 Å². The summed E-state index contributed by atoms with van der Waals surface area (Å²) in [5.41, 5.74) is 1.56. The zero-order valence-corrected chi connectivity index (χ0v) is 12.1. The van der Waals surface area contributed by atoms with Gasteiger partial charge in [0.2, 0.25) is 0 Å². The lowest BCUT2D eigenvalue weighted by atomic mass is 9.74. The van der Waals surface area contributed by atoms with Crippen molar-refractivity contribution in [3.8, 4) is 5.75 Å². The fourth-order valence-electron chi connectivity index (χ4n) is 2.13. The maximum Gasteiger partial charge on any atom is 0.129 e. The van der Waals surface area contributed by atoms with Crippen LogP contribution >= 0.6 is 15.9 Å². The standard InChI is InChI=1S/C14H21BrO/c1-5-6-11(14(2,3)4)10-7-8-13(16)12(15)9-10/h7-9,11,16H,5-6H2,1-4H3. The van der Waals surface area contributed by atoms with Gasteiger partial charge in [0.15, 0.2) is 0 Å². The molecule has 0 fully saturated rings. The van der Waals surface area contributed by atoms with Gasteiger partial charge in [-0.1, -0.05) is 40.2 Å². The average Bonchev–Trinajstić information content (AvgIpc) is 2.17. The van der Waals surface area contributed by atoms with Gasteiger partial charge < -0.3 is 5.11 Å². The third kappa shape index (κ3) is 3.24. The average molecular weight is 285 g/mol. The first-order valence-corrected chi connectivity index (χ1v) is 6.64. The first kappa shape index (κ1) is 13.6. The molecule has 1 unspecified atom stereocenters. The van der Waals surface area contributed by atoms with Crippen molar-refractivity contribution in [1.29, 1.82) is 0 Å². The Morgan fingerprint density at radius 3 is 2.38 bits per heavy atom. The van der Waals surface area contributed by atoms with Gasteiger partial charge in [-0.3, -0.25) is 0 Å². The molecule has 0 radical (unpaired) electrons. The first-order valence-electron chi connectivity index (χ1n) is 5.84. The van der Waals surface area contributed by atoms with Crippen LogP contribution in [0.1, 0.15) is 52.0 Å². The van der Waals surface area contributed by atoms with Gasteiger partial charge in [0.05, 0.1) is 4.47 Å². The highest BCUT2D eigenvalue weighted by Gasteiger charge is 2.25. The summed E-state index contributed by atoms with van der Waals surface area (Å²) >= 11 is 3.38. The number of phenolic OH excluding ortho intramolecular Hbond substituents is 1. The predicted octanol–water partition coefficient (Wildman–Crippen LogP) is 5.08. The van der Waals surface area contributed by atoms with E-state index in [-0.39, 0.29) is 5.41 Å². The topological polar surface area (TPSA) is 20.2 Å². The molecular weight excluding hydrogens is 264 g/mol. The Hall–Kier alpha value is -0.500. The van der Waals surface area contributed by atoms with E-state index in [1.54, 1.807) is 6.07 Å². The van der Waals surface area contributed by atoms with Crippen LogP contribution < -0.4 is 0 Å². The molecule has 0 aliphatic rings. The predicted molar refractivity (Wildman–Crippen MR) is 72.9 cm³/mol. The molecule has 90 valence electrons. The van der Waals surface area contributed by atoms with Gasteiger partial charge in [-0.25, -0.2) is 0 Å². The number of rotatable bonds is 3. The minimum atomic E-state index is 0.256. The summed E-state index contributed by atoms with van der Waals surface area (Å²) in [4.78, 5) is 0. The molecule has 0 aliphatic heterocycles. The van der Waals surface area contributed by atoms with Crippen molar-refractivity contribution in [2.75, 3.05) is 0 Å². The van der Waals surface area contributed by atoms with Crippen molar-refractivity contribution in [2.24, 2.45) is 5.41 Å². The third-order valence-electron chi connectivity index (χ3n) is 3.00. The summed E-state index contributed by atoms with van der Waals surface area (Å²) in [6.07, 6.45) is 2.36. The fourth-order valence-corrected chi connectivity index (χ4v) is 2.52. The van der Waals surface area contributed by atoms with Gasteiger partial charge in [0, 0.05) is 0 Å². The summed E-state index contributed by atoms with van der Waals surface area (Å²) in [7, 11) is 0. The van der Waals surface area contributed by atoms with Gasteiger partial charge in [0.25, 0.3) is 0 Å². The molecular formula is C14H21BrO. The molecule has 0 heterocycles. The molecule has 1 aromatic rings. The van der Waals surface area contributed by atoms with Crippen LogP contribution in [0.2, 0.25) is 0 Å². The highest BCUT2D eigenvalue weighted by Crippen LogP contribution is 2.40. The second-order valence-corrected chi connectivity index (χ2v) is 6.27. The maximum atomic E-state index is 9.51. The summed E-state index contributed by atoms with van der Waals surface area (Å²) in [6.45, 7) is 9.03. The van der Waals surface area contributed by atoms with Crippen LogP contribution in [0.25, 0.3) is 0 Å². The minimum Gasteiger partial charge on any atom is -0.507 e. The van der Waals surface area contributed by atoms with Gasteiger partial charge in [-0.2, -0.15) is 0 Å². The molecule has 1 rings (SSSR count). The Morgan fingerprint density at radius 1 is 1.31 bits per heavy atom. The summed E-state index contributed by atoms with van der Waals surface area (Å²) in [6, 6.07) is 5.85. The van der Waals surface area contributed by atoms with Crippen LogP contribution in [0.5, 0.6) is 5.75 Å². The fraction of sp³-hybridized carbons (Fsp3) is 0.571. The lowest BCUT2D eigenvalue weighted by Gasteiger charge is -2.31. The lowest BCUT2D eigenvalue weighted by molar-refractivity contribution is 0.302. The molecule has 0 saturated heterocycles. The van der Waals surface area contributed by atoms with Gasteiger partial charge in [-0.05, 0) is 51.4 Å². The van der Waals surface area contributed by atoms with Crippen molar-refractivity contribution in [3.05, 3.63) is 28.2 Å². The van der Waals surface area contributed by atoms with E-state index in [1.165, 1.54) is 18.4 Å². The highest BCUT2D eigenvalue weighted by molar-refractivity contribution is 9.10. The minimum absolute atomic E-state index is 0.256. The van der Waals surface area contributed by atoms with E-state index in [0.29, 0.717) is 11.7 Å². The van der Waals surface area contributed by atoms with Gasteiger partial charge in [-0.15, -0.1) is 0 Å². The van der Waals surface area contributed by atoms with Crippen LogP contribution in [0, 0.1) is 5.41 Å². The molecule has 0 saturated carbocycles. The van der Waals surface area contributed by atoms with E-state index in [4.69, 9.17) is 0 Å². The number of benzene rings is 1. The van der Waals surface area contributed by atoms with Gasteiger partial charge in [0.1, 0.15) is 5.75 Å². The summed E-state index contributed by atoms with van der Waals surface area (Å²) in [5, 5.41) is 9.51. The molecule has 1 atom stereocenters. The molecule has 0 bridgehead atoms. The molecule has 1 nitrogen and oxygen atoms in total. The van der Waals surface area contributed by atoms with E-state index in [2.05, 4.69) is 43.6 Å². The smallest absolute Gasteiger partial charge is 0.129 e. The number of halogens is 1. The number of hydrogen-bond acceptors (Lipinski definition) is 1. The SMILES string of the molecule is CCCC(c1ccc(O)c(Br)c1)C(C)(C)C. The van der Waals surface area contributed by atoms with Crippen molar-refractivity contribution in [2.45, 2.75) is 46.5 Å². The van der Waals surface area contributed by atoms with E-state index in [0.717, 1.165) is 4.47 Å². The Balaban J connectivity index is 3.06. The highest BCUT2D eigenvalue weighted by atomic mass is 79.9. The van der Waals surface area contributed by atoms with Gasteiger partial charge >= 0.3 is 0 Å². The van der Waals surface area contributed by atoms with Crippen molar-refractivity contribution in [1.82, 2.24) is 0 Å². The van der Waals surface area contributed by atoms with E-state index in [9.17, 15) is 5.11 Å². The molecule has 1 aromatic carbocycles. The van der Waals surface area contributed by atoms with E-state index >= 15 is 0 Å². The largest absolute Gasteiger partial charge is 0.507 e. The maximum absolute atomic E-state index is 9.51. The zero-order chi connectivity index (χ0) is 12.3. The molecule has 1 N–H and O–H groups in total. The van der Waals surface area contributed by atoms with Crippen LogP contribution in [0.3, 0.4) is 0 Å². The molecule has 0 spiro atoms. The van der Waals surface area contributed by atoms with Crippen molar-refractivity contribution in [3.63, 3.8) is 0 Å². The summed E-state index contributed by atoms with van der Waals surface area (Å²) in [5.74, 6) is 0.849. The molecule has 0 amide bonds. The zero-order valence-electron chi connectivity index (χ0n) is 10.5. The second kappa shape index (κ2) is 5.22. The lowest BCUT2D eigenvalue weighted by Crippen LogP contribution is -2.18. The van der Waals surface area contributed by atoms with Crippen molar-refractivity contribution < 1.29 is 5.11 Å². The summed E-state index contributed by atoms with van der Waals surface area (Å²) < 4.78 is 0.787. The van der Waals surface area contributed by atoms with Crippen LogP contribution in [0.15, 0.2) is 22.7 Å². The third-order valence-corrected chi connectivity index (χ3v) is 3.63. The second-order valence-electron chi connectivity index (χ2n) is 5.42. The van der Waals surface area contributed by atoms with Crippen LogP contribution in [-0.2, 0) is 0 Å². The number of aromatic hydroxyl groups is 1. The molecule has 0 aliphatic carbocycles. The first-order chi connectivity index (χ1) is 7.36. The van der Waals surface area contributed by atoms with Crippen LogP contribution in [0.4, 0.5) is 0 Å². The molecule has 16 heavy (non-hydrogen) atoms. The molecule has 2 heteroatoms. The number of hydrogen-bond donors (Lipinski definition) is 1. The Kier molecular flexibility index (Phi) is 4.43.